The van der Waals surface area contributed by atoms with Crippen LogP contribution in [-0.4, -0.2) is 11.7 Å². The van der Waals surface area contributed by atoms with E-state index in [0.717, 1.165) is 0 Å². The van der Waals surface area contributed by atoms with Crippen LogP contribution in [0, 0.1) is 5.82 Å². The molecule has 0 radical (unpaired) electrons. The summed E-state index contributed by atoms with van der Waals surface area (Å²) >= 11 is 7.23. The highest BCUT2D eigenvalue weighted by Crippen LogP contribution is 2.32. The van der Waals surface area contributed by atoms with Crippen molar-refractivity contribution in [2.24, 2.45) is 11.5 Å². The molecule has 4 nitrogen and oxygen atoms in total. The van der Waals surface area contributed by atoms with Crippen LogP contribution in [0.4, 0.5) is 10.1 Å². The topological polar surface area (TPSA) is 81.1 Å². The summed E-state index contributed by atoms with van der Waals surface area (Å²) in [6.45, 7) is 5.55. The number of hydrogen-bond acceptors (Lipinski definition) is 4. The molecule has 7 heteroatoms. The Labute approximate surface area is 168 Å². The van der Waals surface area contributed by atoms with Crippen LogP contribution in [0.2, 0.25) is 5.02 Å². The molecule has 0 bridgehead atoms. The van der Waals surface area contributed by atoms with E-state index in [9.17, 15) is 9.18 Å². The molecule has 0 saturated carbocycles. The molecule has 2 aromatic carbocycles. The monoisotopic (exact) mass is 407 g/mol. The lowest BCUT2D eigenvalue weighted by Gasteiger charge is -2.29. The molecule has 0 unspecified atom stereocenters. The molecular formula is C20H23ClFN3OS. The van der Waals surface area contributed by atoms with E-state index in [-0.39, 0.29) is 5.91 Å². The standard InChI is InChI=1S/C20H23ClFN3OS/c1-3-20(24,10-11-27-13(2)23)17-12-16(8-9-18(17)22)25-19(26)14-4-6-15(21)7-5-14/h4-9,12H,2-3,10-11,23-24H2,1H3,(H,25,26)/t20-/m0/s1. The summed E-state index contributed by atoms with van der Waals surface area (Å²) in [6, 6.07) is 10.9. The summed E-state index contributed by atoms with van der Waals surface area (Å²) < 4.78 is 14.5. The molecule has 1 atom stereocenters. The number of nitrogens with two attached hydrogens (primary N) is 2. The average Bonchev–Trinajstić information content (AvgIpc) is 2.63. The van der Waals surface area contributed by atoms with Gasteiger partial charge in [0.05, 0.1) is 5.03 Å². The normalized spacial score (nSPS) is 13.0. The highest BCUT2D eigenvalue weighted by Gasteiger charge is 2.28. The van der Waals surface area contributed by atoms with Crippen LogP contribution < -0.4 is 16.8 Å². The van der Waals surface area contributed by atoms with Crippen molar-refractivity contribution in [3.05, 3.63) is 76.0 Å². The zero-order chi connectivity index (χ0) is 20.0. The average molecular weight is 408 g/mol. The van der Waals surface area contributed by atoms with E-state index in [0.29, 0.717) is 45.5 Å². The zero-order valence-corrected chi connectivity index (χ0v) is 16.7. The fourth-order valence-electron chi connectivity index (χ4n) is 2.66. The highest BCUT2D eigenvalue weighted by molar-refractivity contribution is 8.02. The second-order valence-electron chi connectivity index (χ2n) is 6.23. The van der Waals surface area contributed by atoms with Crippen LogP contribution in [0.25, 0.3) is 0 Å². The van der Waals surface area contributed by atoms with Crippen molar-refractivity contribution in [2.45, 2.75) is 25.3 Å². The largest absolute Gasteiger partial charge is 0.394 e. The van der Waals surface area contributed by atoms with E-state index in [4.69, 9.17) is 23.1 Å². The Bertz CT molecular complexity index is 828. The van der Waals surface area contributed by atoms with Crippen molar-refractivity contribution in [2.75, 3.05) is 11.1 Å². The Morgan fingerprint density at radius 2 is 1.96 bits per heavy atom. The van der Waals surface area contributed by atoms with Crippen LogP contribution in [0.5, 0.6) is 0 Å². The molecule has 0 aliphatic heterocycles. The molecule has 0 aromatic heterocycles. The van der Waals surface area contributed by atoms with E-state index in [1.807, 2.05) is 6.92 Å². The van der Waals surface area contributed by atoms with E-state index < -0.39 is 11.4 Å². The van der Waals surface area contributed by atoms with Crippen molar-refractivity contribution in [3.8, 4) is 0 Å². The maximum Gasteiger partial charge on any atom is 0.255 e. The molecule has 0 fully saturated rings. The van der Waals surface area contributed by atoms with Crippen molar-refractivity contribution in [1.82, 2.24) is 0 Å². The lowest BCUT2D eigenvalue weighted by Crippen LogP contribution is -2.37. The first kappa shape index (κ1) is 21.3. The SMILES string of the molecule is C=C(N)SCC[C@@](N)(CC)c1cc(NC(=O)c2ccc(Cl)cc2)ccc1F. The Morgan fingerprint density at radius 1 is 1.30 bits per heavy atom. The van der Waals surface area contributed by atoms with Gasteiger partial charge in [-0.2, -0.15) is 0 Å². The van der Waals surface area contributed by atoms with Crippen molar-refractivity contribution in [3.63, 3.8) is 0 Å². The Morgan fingerprint density at radius 3 is 2.56 bits per heavy atom. The number of thioether (sulfide) groups is 1. The highest BCUT2D eigenvalue weighted by atomic mass is 35.5. The fourth-order valence-corrected chi connectivity index (χ4v) is 3.51. The number of nitrogens with one attached hydrogen (secondary N) is 1. The Kier molecular flexibility index (Phi) is 7.30. The van der Waals surface area contributed by atoms with Crippen molar-refractivity contribution >= 4 is 35.0 Å². The van der Waals surface area contributed by atoms with Gasteiger partial charge in [0.2, 0.25) is 0 Å². The Hall–Kier alpha value is -2.02. The van der Waals surface area contributed by atoms with Gasteiger partial charge < -0.3 is 16.8 Å². The predicted octanol–water partition coefficient (Wildman–Crippen LogP) is 4.85. The third-order valence-electron chi connectivity index (χ3n) is 4.33. The minimum absolute atomic E-state index is 0.307. The summed E-state index contributed by atoms with van der Waals surface area (Å²) in [4.78, 5) is 12.4. The number of hydrogen-bond donors (Lipinski definition) is 3. The molecule has 0 spiro atoms. The van der Waals surface area contributed by atoms with E-state index in [2.05, 4.69) is 11.9 Å². The molecular weight excluding hydrogens is 385 g/mol. The van der Waals surface area contributed by atoms with Gasteiger partial charge in [0.1, 0.15) is 5.82 Å². The van der Waals surface area contributed by atoms with Crippen LogP contribution in [-0.2, 0) is 5.54 Å². The van der Waals surface area contributed by atoms with E-state index in [1.165, 1.54) is 23.9 Å². The van der Waals surface area contributed by atoms with Crippen LogP contribution in [0.3, 0.4) is 0 Å². The number of anilines is 1. The molecule has 0 heterocycles. The number of halogens is 2. The third kappa shape index (κ3) is 5.73. The molecule has 27 heavy (non-hydrogen) atoms. The number of carbonyl (C=O) groups excluding carboxylic acids is 1. The summed E-state index contributed by atoms with van der Waals surface area (Å²) in [6.07, 6.45) is 1.06. The van der Waals surface area contributed by atoms with Crippen LogP contribution >= 0.6 is 23.4 Å². The number of carbonyl (C=O) groups is 1. The fraction of sp³-hybridized carbons (Fsp3) is 0.250. The maximum atomic E-state index is 14.5. The lowest BCUT2D eigenvalue weighted by atomic mass is 9.85. The Balaban J connectivity index is 2.22. The van der Waals surface area contributed by atoms with Crippen molar-refractivity contribution in [1.29, 1.82) is 0 Å². The second kappa shape index (κ2) is 9.26. The van der Waals surface area contributed by atoms with Gasteiger partial charge in [0.15, 0.2) is 0 Å². The minimum atomic E-state index is -0.868. The first-order valence-electron chi connectivity index (χ1n) is 8.48. The summed E-state index contributed by atoms with van der Waals surface area (Å²) in [5, 5.41) is 3.82. The smallest absolute Gasteiger partial charge is 0.255 e. The molecule has 2 rings (SSSR count). The molecule has 0 aliphatic carbocycles. The summed E-state index contributed by atoms with van der Waals surface area (Å²) in [5.41, 5.74) is 12.5. The van der Waals surface area contributed by atoms with Crippen molar-refractivity contribution < 1.29 is 9.18 Å². The quantitative estimate of drug-likeness (QED) is 0.584. The van der Waals surface area contributed by atoms with Gasteiger partial charge in [-0.05, 0) is 55.3 Å². The minimum Gasteiger partial charge on any atom is -0.394 e. The lowest BCUT2D eigenvalue weighted by molar-refractivity contribution is 0.102. The van der Waals surface area contributed by atoms with Gasteiger partial charge in [-0.3, -0.25) is 4.79 Å². The zero-order valence-electron chi connectivity index (χ0n) is 15.1. The first-order valence-corrected chi connectivity index (χ1v) is 9.84. The van der Waals surface area contributed by atoms with Gasteiger partial charge in [-0.1, -0.05) is 25.1 Å². The van der Waals surface area contributed by atoms with Gasteiger partial charge in [-0.15, -0.1) is 11.8 Å². The molecule has 2 aromatic rings. The third-order valence-corrected chi connectivity index (χ3v) is 5.36. The molecule has 144 valence electrons. The second-order valence-corrected chi connectivity index (χ2v) is 7.89. The van der Waals surface area contributed by atoms with Crippen LogP contribution in [0.15, 0.2) is 54.1 Å². The summed E-state index contributed by atoms with van der Waals surface area (Å²) in [5.74, 6) is -0.0840. The summed E-state index contributed by atoms with van der Waals surface area (Å²) in [7, 11) is 0. The van der Waals surface area contributed by atoms with Gasteiger partial charge in [-0.25, -0.2) is 4.39 Å². The number of benzene rings is 2. The van der Waals surface area contributed by atoms with E-state index in [1.54, 1.807) is 30.3 Å². The predicted molar refractivity (Wildman–Crippen MR) is 112 cm³/mol. The van der Waals surface area contributed by atoms with Gasteiger partial charge >= 0.3 is 0 Å². The van der Waals surface area contributed by atoms with E-state index >= 15 is 0 Å². The first-order chi connectivity index (χ1) is 12.7. The van der Waals surface area contributed by atoms with Gasteiger partial charge in [0.25, 0.3) is 5.91 Å². The molecule has 0 saturated heterocycles. The van der Waals surface area contributed by atoms with Gasteiger partial charge in [0, 0.05) is 33.1 Å². The number of amides is 1. The molecule has 0 aliphatic rings. The molecule has 5 N–H and O–H groups in total. The molecule has 1 amide bonds. The maximum absolute atomic E-state index is 14.5. The number of rotatable bonds is 8. The van der Waals surface area contributed by atoms with Crippen LogP contribution in [0.1, 0.15) is 35.7 Å².